The van der Waals surface area contributed by atoms with Crippen molar-refractivity contribution in [1.82, 2.24) is 5.32 Å². The van der Waals surface area contributed by atoms with Crippen LogP contribution in [0.3, 0.4) is 0 Å². The van der Waals surface area contributed by atoms with Crippen molar-refractivity contribution in [3.63, 3.8) is 0 Å². The molecule has 21 heavy (non-hydrogen) atoms. The minimum atomic E-state index is -0.170. The highest BCUT2D eigenvalue weighted by molar-refractivity contribution is 5.44. The second-order valence-corrected chi connectivity index (χ2v) is 6.03. The summed E-state index contributed by atoms with van der Waals surface area (Å²) in [4.78, 5) is 0. The third kappa shape index (κ3) is 4.35. The van der Waals surface area contributed by atoms with Crippen molar-refractivity contribution in [3.05, 3.63) is 23.8 Å². The van der Waals surface area contributed by atoms with Gasteiger partial charge in [0, 0.05) is 19.6 Å². The maximum atomic E-state index is 5.79. The number of benzene rings is 1. The van der Waals surface area contributed by atoms with Crippen LogP contribution in [-0.2, 0) is 4.74 Å². The highest BCUT2D eigenvalue weighted by atomic mass is 16.5. The van der Waals surface area contributed by atoms with Crippen LogP contribution < -0.4 is 14.8 Å². The molecule has 1 aromatic carbocycles. The molecule has 1 N–H and O–H groups in total. The average Bonchev–Trinajstić information content (AvgIpc) is 2.71. The molecular formula is C17H27NO3. The van der Waals surface area contributed by atoms with Gasteiger partial charge in [0.15, 0.2) is 11.5 Å². The molecule has 1 heterocycles. The fourth-order valence-corrected chi connectivity index (χ4v) is 2.53. The summed E-state index contributed by atoms with van der Waals surface area (Å²) in [5, 5.41) is 3.54. The monoisotopic (exact) mass is 293 g/mol. The Morgan fingerprint density at radius 3 is 2.62 bits per heavy atom. The Balaban J connectivity index is 2.22. The van der Waals surface area contributed by atoms with Gasteiger partial charge in [-0.15, -0.1) is 0 Å². The standard InChI is InChI=1S/C17H27NO3/c1-5-18-14(12-17(2,3)19-4)13-7-8-15-16(11-13)21-10-6-9-20-15/h7-8,11,14,18H,5-6,9-10,12H2,1-4H3. The van der Waals surface area contributed by atoms with Crippen LogP contribution >= 0.6 is 0 Å². The Hall–Kier alpha value is -1.26. The number of fused-ring (bicyclic) bond motifs is 1. The summed E-state index contributed by atoms with van der Waals surface area (Å²) < 4.78 is 17.1. The van der Waals surface area contributed by atoms with Gasteiger partial charge in [0.05, 0.1) is 18.8 Å². The van der Waals surface area contributed by atoms with E-state index < -0.39 is 0 Å². The summed E-state index contributed by atoms with van der Waals surface area (Å²) in [6.45, 7) is 8.70. The molecule has 1 aliphatic heterocycles. The molecule has 0 aliphatic carbocycles. The van der Waals surface area contributed by atoms with Crippen LogP contribution in [-0.4, -0.2) is 32.5 Å². The number of rotatable bonds is 6. The fraction of sp³-hybridized carbons (Fsp3) is 0.647. The van der Waals surface area contributed by atoms with Gasteiger partial charge in [-0.05, 0) is 44.5 Å². The molecule has 1 unspecified atom stereocenters. The zero-order chi connectivity index (χ0) is 15.3. The van der Waals surface area contributed by atoms with Gasteiger partial charge < -0.3 is 19.5 Å². The lowest BCUT2D eigenvalue weighted by Crippen LogP contribution is -2.32. The van der Waals surface area contributed by atoms with Crippen LogP contribution in [0.2, 0.25) is 0 Å². The molecule has 1 atom stereocenters. The first-order chi connectivity index (χ1) is 10.1. The minimum Gasteiger partial charge on any atom is -0.490 e. The van der Waals surface area contributed by atoms with E-state index >= 15 is 0 Å². The number of ether oxygens (including phenoxy) is 3. The Morgan fingerprint density at radius 1 is 1.24 bits per heavy atom. The Bertz CT molecular complexity index is 459. The van der Waals surface area contributed by atoms with Crippen molar-refractivity contribution < 1.29 is 14.2 Å². The summed E-state index contributed by atoms with van der Waals surface area (Å²) in [6.07, 6.45) is 1.83. The Labute approximate surface area is 127 Å². The molecule has 0 bridgehead atoms. The number of nitrogens with one attached hydrogen (secondary N) is 1. The second-order valence-electron chi connectivity index (χ2n) is 6.03. The smallest absolute Gasteiger partial charge is 0.161 e. The summed E-state index contributed by atoms with van der Waals surface area (Å²) >= 11 is 0. The lowest BCUT2D eigenvalue weighted by molar-refractivity contribution is 0.00695. The van der Waals surface area contributed by atoms with E-state index in [9.17, 15) is 0 Å². The molecule has 0 radical (unpaired) electrons. The van der Waals surface area contributed by atoms with Crippen molar-refractivity contribution in [1.29, 1.82) is 0 Å². The van der Waals surface area contributed by atoms with Gasteiger partial charge in [0.25, 0.3) is 0 Å². The zero-order valence-corrected chi connectivity index (χ0v) is 13.6. The third-order valence-electron chi connectivity index (χ3n) is 3.87. The minimum absolute atomic E-state index is 0.170. The van der Waals surface area contributed by atoms with E-state index in [1.165, 1.54) is 5.56 Å². The molecule has 0 amide bonds. The van der Waals surface area contributed by atoms with Gasteiger partial charge in [-0.3, -0.25) is 0 Å². The topological polar surface area (TPSA) is 39.7 Å². The Morgan fingerprint density at radius 2 is 1.95 bits per heavy atom. The van der Waals surface area contributed by atoms with Crippen LogP contribution in [0, 0.1) is 0 Å². The lowest BCUT2D eigenvalue weighted by atomic mass is 9.93. The number of hydrogen-bond donors (Lipinski definition) is 1. The van der Waals surface area contributed by atoms with E-state index in [1.54, 1.807) is 7.11 Å². The Kier molecular flexibility index (Phi) is 5.48. The molecule has 0 fully saturated rings. The molecule has 2 rings (SSSR count). The van der Waals surface area contributed by atoms with Crippen molar-refractivity contribution in [2.75, 3.05) is 26.9 Å². The summed E-state index contributed by atoms with van der Waals surface area (Å²) in [5.41, 5.74) is 1.04. The lowest BCUT2D eigenvalue weighted by Gasteiger charge is -2.29. The maximum Gasteiger partial charge on any atom is 0.161 e. The maximum absolute atomic E-state index is 5.79. The zero-order valence-electron chi connectivity index (χ0n) is 13.6. The van der Waals surface area contributed by atoms with Crippen molar-refractivity contribution in [2.24, 2.45) is 0 Å². The molecule has 1 aliphatic rings. The van der Waals surface area contributed by atoms with Gasteiger partial charge in [-0.2, -0.15) is 0 Å². The second kappa shape index (κ2) is 7.14. The van der Waals surface area contributed by atoms with Gasteiger partial charge >= 0.3 is 0 Å². The van der Waals surface area contributed by atoms with Crippen molar-refractivity contribution in [3.8, 4) is 11.5 Å². The molecule has 118 valence electrons. The highest BCUT2D eigenvalue weighted by Crippen LogP contribution is 2.34. The molecule has 0 saturated heterocycles. The third-order valence-corrected chi connectivity index (χ3v) is 3.87. The van der Waals surface area contributed by atoms with E-state index in [-0.39, 0.29) is 11.6 Å². The van der Waals surface area contributed by atoms with Gasteiger partial charge in [0.1, 0.15) is 0 Å². The SMILES string of the molecule is CCNC(CC(C)(C)OC)c1ccc2c(c1)OCCCO2. The molecule has 0 saturated carbocycles. The summed E-state index contributed by atoms with van der Waals surface area (Å²) in [7, 11) is 1.76. The van der Waals surface area contributed by atoms with Crippen LogP contribution in [0.1, 0.15) is 45.2 Å². The number of hydrogen-bond acceptors (Lipinski definition) is 4. The van der Waals surface area contributed by atoms with E-state index in [0.29, 0.717) is 6.61 Å². The predicted molar refractivity (Wildman–Crippen MR) is 84.2 cm³/mol. The quantitative estimate of drug-likeness (QED) is 0.873. The summed E-state index contributed by atoms with van der Waals surface area (Å²) in [6, 6.07) is 6.47. The van der Waals surface area contributed by atoms with Gasteiger partial charge in [0.2, 0.25) is 0 Å². The van der Waals surface area contributed by atoms with Gasteiger partial charge in [-0.25, -0.2) is 0 Å². The van der Waals surface area contributed by atoms with E-state index in [0.717, 1.165) is 37.5 Å². The fourth-order valence-electron chi connectivity index (χ4n) is 2.53. The van der Waals surface area contributed by atoms with Crippen LogP contribution in [0.5, 0.6) is 11.5 Å². The van der Waals surface area contributed by atoms with Crippen molar-refractivity contribution >= 4 is 0 Å². The number of methoxy groups -OCH3 is 1. The van der Waals surface area contributed by atoms with Crippen LogP contribution in [0.25, 0.3) is 0 Å². The van der Waals surface area contributed by atoms with Gasteiger partial charge in [-0.1, -0.05) is 13.0 Å². The predicted octanol–water partition coefficient (Wildman–Crippen LogP) is 3.31. The first kappa shape index (κ1) is 16.1. The normalized spacial score (nSPS) is 16.4. The molecule has 1 aromatic rings. The largest absolute Gasteiger partial charge is 0.490 e. The molecule has 4 nitrogen and oxygen atoms in total. The van der Waals surface area contributed by atoms with Crippen molar-refractivity contribution in [2.45, 2.75) is 45.3 Å². The molecular weight excluding hydrogens is 266 g/mol. The van der Waals surface area contributed by atoms with Crippen LogP contribution in [0.15, 0.2) is 18.2 Å². The first-order valence-corrected chi connectivity index (χ1v) is 7.74. The first-order valence-electron chi connectivity index (χ1n) is 7.74. The molecule has 0 aromatic heterocycles. The highest BCUT2D eigenvalue weighted by Gasteiger charge is 2.24. The molecule has 0 spiro atoms. The molecule has 4 heteroatoms. The van der Waals surface area contributed by atoms with E-state index in [4.69, 9.17) is 14.2 Å². The average molecular weight is 293 g/mol. The summed E-state index contributed by atoms with van der Waals surface area (Å²) in [5.74, 6) is 1.70. The van der Waals surface area contributed by atoms with E-state index in [2.05, 4.69) is 38.2 Å². The van der Waals surface area contributed by atoms with Crippen LogP contribution in [0.4, 0.5) is 0 Å². The van der Waals surface area contributed by atoms with E-state index in [1.807, 2.05) is 6.07 Å².